The third kappa shape index (κ3) is 1.24. The van der Waals surface area contributed by atoms with Crippen LogP contribution in [-0.2, 0) is 7.05 Å². The molecule has 14 heavy (non-hydrogen) atoms. The molecular weight excluding hydrogens is 204 g/mol. The summed E-state index contributed by atoms with van der Waals surface area (Å²) in [4.78, 5) is 15.1. The smallest absolute Gasteiger partial charge is 0.254 e. The molecule has 0 fully saturated rings. The van der Waals surface area contributed by atoms with Gasteiger partial charge in [0.05, 0.1) is 11.7 Å². The molecular formula is C9H7ClN2O2. The summed E-state index contributed by atoms with van der Waals surface area (Å²) in [6, 6.07) is 2.67. The van der Waals surface area contributed by atoms with Gasteiger partial charge in [-0.05, 0) is 6.07 Å². The SMILES string of the molecule is Cn1c(=O)cc(O)c2cc(Cl)ncc21. The third-order valence-electron chi connectivity index (χ3n) is 2.08. The molecule has 2 heterocycles. The molecule has 2 aromatic rings. The Morgan fingerprint density at radius 3 is 2.93 bits per heavy atom. The van der Waals surface area contributed by atoms with Gasteiger partial charge in [-0.2, -0.15) is 0 Å². The fourth-order valence-electron chi connectivity index (χ4n) is 1.31. The molecule has 0 unspecified atom stereocenters. The number of fused-ring (bicyclic) bond motifs is 1. The van der Waals surface area contributed by atoms with Crippen LogP contribution in [0.25, 0.3) is 10.9 Å². The van der Waals surface area contributed by atoms with Crippen molar-refractivity contribution in [3.8, 4) is 5.75 Å². The number of hydrogen-bond donors (Lipinski definition) is 1. The van der Waals surface area contributed by atoms with Gasteiger partial charge >= 0.3 is 0 Å². The van der Waals surface area contributed by atoms with Gasteiger partial charge in [-0.3, -0.25) is 4.79 Å². The zero-order chi connectivity index (χ0) is 10.3. The molecule has 4 nitrogen and oxygen atoms in total. The molecule has 0 bridgehead atoms. The second-order valence-corrected chi connectivity index (χ2v) is 3.34. The van der Waals surface area contributed by atoms with Crippen LogP contribution >= 0.6 is 11.6 Å². The first-order chi connectivity index (χ1) is 6.59. The second kappa shape index (κ2) is 2.99. The lowest BCUT2D eigenvalue weighted by molar-refractivity contribution is 0.479. The molecule has 0 atom stereocenters. The van der Waals surface area contributed by atoms with Crippen molar-refractivity contribution in [1.82, 2.24) is 9.55 Å². The number of rotatable bonds is 0. The zero-order valence-electron chi connectivity index (χ0n) is 7.36. The summed E-state index contributed by atoms with van der Waals surface area (Å²) in [6.07, 6.45) is 1.46. The minimum Gasteiger partial charge on any atom is -0.507 e. The second-order valence-electron chi connectivity index (χ2n) is 2.95. The van der Waals surface area contributed by atoms with Crippen LogP contribution in [0.4, 0.5) is 0 Å². The molecule has 2 aromatic heterocycles. The van der Waals surface area contributed by atoms with Crippen LogP contribution < -0.4 is 5.56 Å². The Labute approximate surface area is 84.4 Å². The van der Waals surface area contributed by atoms with E-state index < -0.39 is 0 Å². The molecule has 0 radical (unpaired) electrons. The maximum Gasteiger partial charge on any atom is 0.254 e. The summed E-state index contributed by atoms with van der Waals surface area (Å²) < 4.78 is 1.40. The van der Waals surface area contributed by atoms with Crippen molar-refractivity contribution in [3.63, 3.8) is 0 Å². The molecule has 0 saturated carbocycles. The summed E-state index contributed by atoms with van der Waals surface area (Å²) in [5, 5.41) is 10.3. The summed E-state index contributed by atoms with van der Waals surface area (Å²) in [7, 11) is 1.61. The summed E-state index contributed by atoms with van der Waals surface area (Å²) in [5.74, 6) is -0.0765. The van der Waals surface area contributed by atoms with Gasteiger partial charge < -0.3 is 9.67 Å². The average molecular weight is 211 g/mol. The third-order valence-corrected chi connectivity index (χ3v) is 2.28. The molecule has 0 aliphatic carbocycles. The van der Waals surface area contributed by atoms with Gasteiger partial charge in [0.25, 0.3) is 5.56 Å². The van der Waals surface area contributed by atoms with Crippen LogP contribution in [0, 0.1) is 0 Å². The van der Waals surface area contributed by atoms with Crippen molar-refractivity contribution in [3.05, 3.63) is 33.8 Å². The quantitative estimate of drug-likeness (QED) is 0.667. The van der Waals surface area contributed by atoms with E-state index in [1.807, 2.05) is 0 Å². The lowest BCUT2D eigenvalue weighted by Gasteiger charge is -2.05. The van der Waals surface area contributed by atoms with Crippen molar-refractivity contribution in [2.45, 2.75) is 0 Å². The Balaban J connectivity index is 3.02. The van der Waals surface area contributed by atoms with E-state index in [2.05, 4.69) is 4.98 Å². The maximum atomic E-state index is 11.3. The van der Waals surface area contributed by atoms with Gasteiger partial charge in [-0.1, -0.05) is 11.6 Å². The molecule has 0 amide bonds. The van der Waals surface area contributed by atoms with Gasteiger partial charge in [0.1, 0.15) is 10.9 Å². The molecule has 1 N–H and O–H groups in total. The number of aromatic nitrogens is 2. The fraction of sp³-hybridized carbons (Fsp3) is 0.111. The van der Waals surface area contributed by atoms with Gasteiger partial charge in [-0.25, -0.2) is 4.98 Å². The van der Waals surface area contributed by atoms with Gasteiger partial charge in [0.15, 0.2) is 0 Å². The molecule has 0 saturated heterocycles. The Bertz CT molecular complexity index is 562. The lowest BCUT2D eigenvalue weighted by atomic mass is 10.2. The van der Waals surface area contributed by atoms with Gasteiger partial charge in [0.2, 0.25) is 0 Å². The summed E-state index contributed by atoms with van der Waals surface area (Å²) in [6.45, 7) is 0. The normalized spacial score (nSPS) is 10.7. The Morgan fingerprint density at radius 1 is 1.50 bits per heavy atom. The van der Waals surface area contributed by atoms with Crippen LogP contribution in [0.15, 0.2) is 23.1 Å². The molecule has 2 rings (SSSR count). The minimum absolute atomic E-state index is 0.0765. The van der Waals surface area contributed by atoms with Crippen molar-refractivity contribution in [1.29, 1.82) is 0 Å². The van der Waals surface area contributed by atoms with Crippen LogP contribution in [0.2, 0.25) is 5.15 Å². The maximum absolute atomic E-state index is 11.3. The first-order valence-corrected chi connectivity index (χ1v) is 4.31. The van der Waals surface area contributed by atoms with Crippen molar-refractivity contribution in [2.24, 2.45) is 7.05 Å². The van der Waals surface area contributed by atoms with Crippen LogP contribution in [-0.4, -0.2) is 14.7 Å². The van der Waals surface area contributed by atoms with E-state index in [0.29, 0.717) is 10.9 Å². The van der Waals surface area contributed by atoms with Crippen molar-refractivity contribution in [2.75, 3.05) is 0 Å². The molecule has 5 heteroatoms. The molecule has 0 spiro atoms. The molecule has 0 aliphatic rings. The monoisotopic (exact) mass is 210 g/mol. The Kier molecular flexibility index (Phi) is 1.93. The van der Waals surface area contributed by atoms with Crippen molar-refractivity contribution >= 4 is 22.5 Å². The zero-order valence-corrected chi connectivity index (χ0v) is 8.12. The number of halogens is 1. The van der Waals surface area contributed by atoms with E-state index in [-0.39, 0.29) is 16.5 Å². The standard InChI is InChI=1S/C9H7ClN2O2/c1-12-6-4-11-8(10)2-5(6)7(13)3-9(12)14/h2-4,13H,1H3. The fourth-order valence-corrected chi connectivity index (χ4v) is 1.46. The molecule has 0 aliphatic heterocycles. The number of pyridine rings is 2. The topological polar surface area (TPSA) is 55.1 Å². The Morgan fingerprint density at radius 2 is 2.21 bits per heavy atom. The lowest BCUT2D eigenvalue weighted by Crippen LogP contribution is -2.15. The van der Waals surface area contributed by atoms with E-state index in [1.54, 1.807) is 7.05 Å². The van der Waals surface area contributed by atoms with Gasteiger partial charge in [0, 0.05) is 18.5 Å². The van der Waals surface area contributed by atoms with E-state index in [0.717, 1.165) is 6.07 Å². The van der Waals surface area contributed by atoms with Gasteiger partial charge in [-0.15, -0.1) is 0 Å². The first-order valence-electron chi connectivity index (χ1n) is 3.94. The highest BCUT2D eigenvalue weighted by atomic mass is 35.5. The van der Waals surface area contributed by atoms with Crippen molar-refractivity contribution < 1.29 is 5.11 Å². The highest BCUT2D eigenvalue weighted by molar-refractivity contribution is 6.30. The van der Waals surface area contributed by atoms with E-state index in [9.17, 15) is 9.90 Å². The van der Waals surface area contributed by atoms with Crippen LogP contribution in [0.5, 0.6) is 5.75 Å². The molecule has 0 aromatic carbocycles. The first kappa shape index (κ1) is 9.02. The number of hydrogen-bond acceptors (Lipinski definition) is 3. The highest BCUT2D eigenvalue weighted by Crippen LogP contribution is 2.23. The average Bonchev–Trinajstić information content (AvgIpc) is 2.14. The highest BCUT2D eigenvalue weighted by Gasteiger charge is 2.06. The number of aromatic hydroxyl groups is 1. The Hall–Kier alpha value is -1.55. The van der Waals surface area contributed by atoms with E-state index in [4.69, 9.17) is 11.6 Å². The van der Waals surface area contributed by atoms with E-state index >= 15 is 0 Å². The predicted octanol–water partition coefficient (Wildman–Crippen LogP) is 1.29. The number of nitrogens with zero attached hydrogens (tertiary/aromatic N) is 2. The minimum atomic E-state index is -0.279. The predicted molar refractivity (Wildman–Crippen MR) is 53.7 cm³/mol. The van der Waals surface area contributed by atoms with Crippen LogP contribution in [0.1, 0.15) is 0 Å². The largest absolute Gasteiger partial charge is 0.507 e. The van der Waals surface area contributed by atoms with Crippen LogP contribution in [0.3, 0.4) is 0 Å². The number of aryl methyl sites for hydroxylation is 1. The summed E-state index contributed by atoms with van der Waals surface area (Å²) >= 11 is 5.67. The van der Waals surface area contributed by atoms with E-state index in [1.165, 1.54) is 16.8 Å². The summed E-state index contributed by atoms with van der Waals surface area (Å²) in [5.41, 5.74) is 0.276. The molecule has 72 valence electrons.